The van der Waals surface area contributed by atoms with Crippen LogP contribution in [0.5, 0.6) is 5.75 Å². The van der Waals surface area contributed by atoms with Gasteiger partial charge in [-0.1, -0.05) is 0 Å². The average Bonchev–Trinajstić information content (AvgIpc) is 2.71. The van der Waals surface area contributed by atoms with Gasteiger partial charge in [0.05, 0.1) is 7.11 Å². The molecular formula is C12H18ClN3O. The number of H-pyrrole nitrogens is 1. The Morgan fingerprint density at radius 2 is 2.18 bits per heavy atom. The zero-order chi connectivity index (χ0) is 11.5. The highest BCUT2D eigenvalue weighted by Crippen LogP contribution is 2.27. The first-order valence-corrected chi connectivity index (χ1v) is 5.37. The summed E-state index contributed by atoms with van der Waals surface area (Å²) in [5, 5.41) is 1.11. The number of ether oxygens (including phenoxy) is 1. The largest absolute Gasteiger partial charge is 0.497 e. The molecule has 1 aromatic heterocycles. The average molecular weight is 256 g/mol. The summed E-state index contributed by atoms with van der Waals surface area (Å²) in [6, 6.07) is 5.90. The van der Waals surface area contributed by atoms with Crippen molar-refractivity contribution in [2.45, 2.75) is 12.5 Å². The first kappa shape index (κ1) is 13.8. The molecule has 94 valence electrons. The molecule has 0 aliphatic heterocycles. The Morgan fingerprint density at radius 1 is 1.41 bits per heavy atom. The SMILES string of the molecule is COc1ccc2[nH]cc([C@H](N)CCN)c2c1.Cl. The van der Waals surface area contributed by atoms with Crippen LogP contribution in [-0.2, 0) is 0 Å². The molecule has 4 nitrogen and oxygen atoms in total. The molecule has 0 aliphatic rings. The number of nitrogens with two attached hydrogens (primary N) is 2. The number of nitrogens with one attached hydrogen (secondary N) is 1. The number of halogens is 1. The summed E-state index contributed by atoms with van der Waals surface area (Å²) in [5.74, 6) is 0.841. The van der Waals surface area contributed by atoms with Gasteiger partial charge in [-0.25, -0.2) is 0 Å². The van der Waals surface area contributed by atoms with Crippen LogP contribution < -0.4 is 16.2 Å². The van der Waals surface area contributed by atoms with Crippen LogP contribution in [0, 0.1) is 0 Å². The van der Waals surface area contributed by atoms with Crippen LogP contribution in [0.1, 0.15) is 18.0 Å². The highest BCUT2D eigenvalue weighted by Gasteiger charge is 2.11. The van der Waals surface area contributed by atoms with Crippen LogP contribution in [0.2, 0.25) is 0 Å². The minimum Gasteiger partial charge on any atom is -0.497 e. The molecule has 17 heavy (non-hydrogen) atoms. The van der Waals surface area contributed by atoms with Crippen LogP contribution >= 0.6 is 12.4 Å². The van der Waals surface area contributed by atoms with E-state index in [1.165, 1.54) is 0 Å². The third-order valence-corrected chi connectivity index (χ3v) is 2.80. The summed E-state index contributed by atoms with van der Waals surface area (Å²) in [5.41, 5.74) is 13.8. The smallest absolute Gasteiger partial charge is 0.119 e. The van der Waals surface area contributed by atoms with Gasteiger partial charge in [-0.05, 0) is 36.7 Å². The van der Waals surface area contributed by atoms with Crippen molar-refractivity contribution in [1.29, 1.82) is 0 Å². The first-order valence-electron chi connectivity index (χ1n) is 5.37. The molecule has 0 saturated heterocycles. The Labute approximate surface area is 107 Å². The fourth-order valence-electron chi connectivity index (χ4n) is 1.89. The minimum absolute atomic E-state index is 0. The molecule has 0 unspecified atom stereocenters. The van der Waals surface area contributed by atoms with Crippen LogP contribution in [0.25, 0.3) is 10.9 Å². The molecule has 2 aromatic rings. The van der Waals surface area contributed by atoms with Crippen molar-refractivity contribution in [2.24, 2.45) is 11.5 Å². The molecule has 1 aromatic carbocycles. The number of fused-ring (bicyclic) bond motifs is 1. The molecule has 2 rings (SSSR count). The number of benzene rings is 1. The van der Waals surface area contributed by atoms with E-state index in [1.807, 2.05) is 24.4 Å². The van der Waals surface area contributed by atoms with Crippen molar-refractivity contribution in [3.05, 3.63) is 30.0 Å². The number of hydrogen-bond donors (Lipinski definition) is 3. The van der Waals surface area contributed by atoms with E-state index in [2.05, 4.69) is 4.98 Å². The quantitative estimate of drug-likeness (QED) is 0.782. The van der Waals surface area contributed by atoms with E-state index < -0.39 is 0 Å². The summed E-state index contributed by atoms with van der Waals surface area (Å²) < 4.78 is 5.21. The Kier molecular flexibility index (Phi) is 4.81. The second-order valence-corrected chi connectivity index (χ2v) is 3.84. The van der Waals surface area contributed by atoms with Crippen LogP contribution in [-0.4, -0.2) is 18.6 Å². The number of methoxy groups -OCH3 is 1. The molecule has 0 spiro atoms. The Hall–Kier alpha value is -1.23. The molecule has 0 bridgehead atoms. The second-order valence-electron chi connectivity index (χ2n) is 3.84. The third-order valence-electron chi connectivity index (χ3n) is 2.80. The predicted molar refractivity (Wildman–Crippen MR) is 72.7 cm³/mol. The highest BCUT2D eigenvalue weighted by atomic mass is 35.5. The third kappa shape index (κ3) is 2.72. The van der Waals surface area contributed by atoms with Gasteiger partial charge < -0.3 is 21.2 Å². The summed E-state index contributed by atoms with van der Waals surface area (Å²) >= 11 is 0. The fourth-order valence-corrected chi connectivity index (χ4v) is 1.89. The lowest BCUT2D eigenvalue weighted by atomic mass is 10.0. The number of aromatic amines is 1. The summed E-state index contributed by atoms with van der Waals surface area (Å²) in [4.78, 5) is 3.20. The van der Waals surface area contributed by atoms with Gasteiger partial charge in [0, 0.05) is 23.1 Å². The van der Waals surface area contributed by atoms with Gasteiger partial charge in [0.1, 0.15) is 5.75 Å². The van der Waals surface area contributed by atoms with E-state index in [0.29, 0.717) is 6.54 Å². The van der Waals surface area contributed by atoms with Crippen molar-refractivity contribution in [3.8, 4) is 5.75 Å². The van der Waals surface area contributed by atoms with E-state index >= 15 is 0 Å². The van der Waals surface area contributed by atoms with Crippen molar-refractivity contribution in [1.82, 2.24) is 4.98 Å². The molecule has 0 fully saturated rings. The molecule has 5 heteroatoms. The van der Waals surface area contributed by atoms with Crippen LogP contribution in [0.3, 0.4) is 0 Å². The Balaban J connectivity index is 0.00000144. The molecule has 0 radical (unpaired) electrons. The molecule has 0 aliphatic carbocycles. The van der Waals surface area contributed by atoms with E-state index in [1.54, 1.807) is 7.11 Å². The van der Waals surface area contributed by atoms with Crippen molar-refractivity contribution >= 4 is 23.3 Å². The maximum absolute atomic E-state index is 6.07. The van der Waals surface area contributed by atoms with Crippen molar-refractivity contribution in [2.75, 3.05) is 13.7 Å². The van der Waals surface area contributed by atoms with E-state index in [-0.39, 0.29) is 18.4 Å². The minimum atomic E-state index is -0.0224. The highest BCUT2D eigenvalue weighted by molar-refractivity contribution is 5.85. The van der Waals surface area contributed by atoms with Gasteiger partial charge in [0.15, 0.2) is 0 Å². The van der Waals surface area contributed by atoms with E-state index in [4.69, 9.17) is 16.2 Å². The second kappa shape index (κ2) is 5.91. The summed E-state index contributed by atoms with van der Waals surface area (Å²) in [6.45, 7) is 0.595. The monoisotopic (exact) mass is 255 g/mol. The topological polar surface area (TPSA) is 77.1 Å². The van der Waals surface area contributed by atoms with Gasteiger partial charge in [-0.2, -0.15) is 0 Å². The molecule has 5 N–H and O–H groups in total. The predicted octanol–water partition coefficient (Wildman–Crippen LogP) is 1.95. The standard InChI is InChI=1S/C12H17N3O.ClH/c1-16-8-2-3-12-9(6-8)10(7-15-12)11(14)4-5-13;/h2-3,6-7,11,15H,4-5,13-14H2,1H3;1H/t11-;/m1./s1. The lowest BCUT2D eigenvalue weighted by molar-refractivity contribution is 0.415. The normalized spacial score (nSPS) is 12.2. The molecular weight excluding hydrogens is 238 g/mol. The number of hydrogen-bond acceptors (Lipinski definition) is 3. The molecule has 0 amide bonds. The van der Waals surface area contributed by atoms with Crippen molar-refractivity contribution in [3.63, 3.8) is 0 Å². The lowest BCUT2D eigenvalue weighted by Crippen LogP contribution is -2.14. The summed E-state index contributed by atoms with van der Waals surface area (Å²) in [7, 11) is 1.66. The molecule has 1 heterocycles. The van der Waals surface area contributed by atoms with Gasteiger partial charge in [0.2, 0.25) is 0 Å². The van der Waals surface area contributed by atoms with Gasteiger partial charge >= 0.3 is 0 Å². The first-order chi connectivity index (χ1) is 7.76. The zero-order valence-corrected chi connectivity index (χ0v) is 10.6. The molecule has 1 atom stereocenters. The molecule has 0 saturated carbocycles. The van der Waals surface area contributed by atoms with E-state index in [0.717, 1.165) is 28.6 Å². The Bertz CT molecular complexity index is 484. The van der Waals surface area contributed by atoms with Crippen LogP contribution in [0.4, 0.5) is 0 Å². The zero-order valence-electron chi connectivity index (χ0n) is 9.77. The van der Waals surface area contributed by atoms with Gasteiger partial charge in [-0.3, -0.25) is 0 Å². The lowest BCUT2D eigenvalue weighted by Gasteiger charge is -2.09. The van der Waals surface area contributed by atoms with Crippen molar-refractivity contribution < 1.29 is 4.74 Å². The summed E-state index contributed by atoms with van der Waals surface area (Å²) in [6.07, 6.45) is 2.73. The van der Waals surface area contributed by atoms with Gasteiger partial charge in [0.25, 0.3) is 0 Å². The van der Waals surface area contributed by atoms with Crippen LogP contribution in [0.15, 0.2) is 24.4 Å². The van der Waals surface area contributed by atoms with Gasteiger partial charge in [-0.15, -0.1) is 12.4 Å². The number of rotatable bonds is 4. The fraction of sp³-hybridized carbons (Fsp3) is 0.333. The Morgan fingerprint density at radius 3 is 2.82 bits per heavy atom. The maximum Gasteiger partial charge on any atom is 0.119 e. The van der Waals surface area contributed by atoms with E-state index in [9.17, 15) is 0 Å². The number of aromatic nitrogens is 1. The maximum atomic E-state index is 6.07.